The Morgan fingerprint density at radius 1 is 0.767 bits per heavy atom. The molecule has 3 aromatic heterocycles. The van der Waals surface area contributed by atoms with E-state index in [9.17, 15) is 19.2 Å². The Hall–Kier alpha value is -4.28. The van der Waals surface area contributed by atoms with Crippen LogP contribution in [0, 0.1) is 0 Å². The number of aromatic nitrogens is 3. The van der Waals surface area contributed by atoms with Gasteiger partial charge < -0.3 is 35.4 Å². The van der Waals surface area contributed by atoms with Gasteiger partial charge in [0.1, 0.15) is 17.1 Å². The van der Waals surface area contributed by atoms with Gasteiger partial charge >= 0.3 is 0 Å². The summed E-state index contributed by atoms with van der Waals surface area (Å²) in [7, 11) is 4.99. The molecule has 11 heteroatoms. The fourth-order valence-electron chi connectivity index (χ4n) is 3.06. The first kappa shape index (κ1) is 20.5. The summed E-state index contributed by atoms with van der Waals surface area (Å²) in [5.74, 6) is -1.42. The lowest BCUT2D eigenvalue weighted by atomic mass is 10.3. The number of rotatable bonds is 7. The topological polar surface area (TPSA) is 145 Å². The predicted molar refractivity (Wildman–Crippen MR) is 110 cm³/mol. The van der Waals surface area contributed by atoms with Crippen LogP contribution in [0.5, 0.6) is 0 Å². The van der Waals surface area contributed by atoms with Crippen LogP contribution in [-0.2, 0) is 25.9 Å². The minimum Gasteiger partial charge on any atom is -0.364 e. The number of primary amides is 1. The summed E-state index contributed by atoms with van der Waals surface area (Å²) in [6, 6.07) is 4.54. The van der Waals surface area contributed by atoms with Crippen LogP contribution in [0.25, 0.3) is 0 Å². The predicted octanol–water partition coefficient (Wildman–Crippen LogP) is 0.874. The Bertz CT molecular complexity index is 1150. The number of hydrogen-bond donors (Lipinski definition) is 4. The molecular weight excluding hydrogens is 390 g/mol. The molecule has 0 aliphatic heterocycles. The number of aryl methyl sites for hydroxylation is 3. The zero-order valence-corrected chi connectivity index (χ0v) is 16.6. The van der Waals surface area contributed by atoms with Crippen molar-refractivity contribution < 1.29 is 19.2 Å². The first-order valence-electron chi connectivity index (χ1n) is 8.81. The zero-order valence-electron chi connectivity index (χ0n) is 16.6. The van der Waals surface area contributed by atoms with Gasteiger partial charge in [0.15, 0.2) is 0 Å². The van der Waals surface area contributed by atoms with Crippen LogP contribution in [0.2, 0.25) is 0 Å². The summed E-state index contributed by atoms with van der Waals surface area (Å²) in [6.45, 7) is 0. The largest absolute Gasteiger partial charge is 0.364 e. The van der Waals surface area contributed by atoms with Crippen LogP contribution >= 0.6 is 0 Å². The quantitative estimate of drug-likeness (QED) is 0.428. The third kappa shape index (κ3) is 4.09. The SMILES string of the molecule is Cn1cc(NC(=O)c2cc(NC(=O)c3cc(NC=O)cn3C)cn2C)cc1C(N)=O. The molecule has 3 rings (SSSR count). The Labute approximate surface area is 171 Å². The van der Waals surface area contributed by atoms with E-state index >= 15 is 0 Å². The van der Waals surface area contributed by atoms with Crippen molar-refractivity contribution in [2.45, 2.75) is 0 Å². The number of nitrogens with one attached hydrogen (secondary N) is 3. The fourth-order valence-corrected chi connectivity index (χ4v) is 3.06. The number of amides is 4. The van der Waals surface area contributed by atoms with Gasteiger partial charge in [0.2, 0.25) is 6.41 Å². The molecule has 156 valence electrons. The minimum atomic E-state index is -0.603. The van der Waals surface area contributed by atoms with Crippen molar-refractivity contribution >= 4 is 41.2 Å². The van der Waals surface area contributed by atoms with Crippen molar-refractivity contribution in [2.24, 2.45) is 26.9 Å². The number of carbonyl (C=O) groups excluding carboxylic acids is 4. The van der Waals surface area contributed by atoms with Crippen molar-refractivity contribution in [1.82, 2.24) is 13.7 Å². The van der Waals surface area contributed by atoms with Gasteiger partial charge in [0, 0.05) is 39.7 Å². The van der Waals surface area contributed by atoms with Crippen molar-refractivity contribution in [3.8, 4) is 0 Å². The van der Waals surface area contributed by atoms with E-state index in [1.165, 1.54) is 22.8 Å². The van der Waals surface area contributed by atoms with Gasteiger partial charge in [-0.3, -0.25) is 19.2 Å². The number of hydrogen-bond acceptors (Lipinski definition) is 4. The normalized spacial score (nSPS) is 10.5. The number of nitrogens with zero attached hydrogens (tertiary/aromatic N) is 3. The maximum atomic E-state index is 12.6. The van der Waals surface area contributed by atoms with Crippen LogP contribution in [-0.4, -0.2) is 37.8 Å². The maximum Gasteiger partial charge on any atom is 0.272 e. The van der Waals surface area contributed by atoms with Crippen molar-refractivity contribution in [3.63, 3.8) is 0 Å². The average Bonchev–Trinajstić information content (AvgIpc) is 3.32. The first-order chi connectivity index (χ1) is 14.2. The van der Waals surface area contributed by atoms with E-state index in [1.54, 1.807) is 48.9 Å². The molecule has 0 atom stereocenters. The molecule has 11 nitrogen and oxygen atoms in total. The molecule has 0 aliphatic carbocycles. The lowest BCUT2D eigenvalue weighted by molar-refractivity contribution is -0.105. The van der Waals surface area contributed by atoms with Crippen LogP contribution < -0.4 is 21.7 Å². The molecule has 3 heterocycles. The Morgan fingerprint density at radius 3 is 1.60 bits per heavy atom. The molecular formula is C19H21N7O4. The zero-order chi connectivity index (χ0) is 22.0. The monoisotopic (exact) mass is 411 g/mol. The smallest absolute Gasteiger partial charge is 0.272 e. The molecule has 0 bridgehead atoms. The molecule has 0 spiro atoms. The minimum absolute atomic E-state index is 0.260. The van der Waals surface area contributed by atoms with E-state index in [0.29, 0.717) is 34.9 Å². The molecule has 0 fully saturated rings. The molecule has 30 heavy (non-hydrogen) atoms. The molecule has 0 saturated carbocycles. The highest BCUT2D eigenvalue weighted by molar-refractivity contribution is 6.07. The second kappa shape index (κ2) is 7.99. The van der Waals surface area contributed by atoms with Gasteiger partial charge in [0.25, 0.3) is 17.7 Å². The van der Waals surface area contributed by atoms with Crippen molar-refractivity contribution in [1.29, 1.82) is 0 Å². The summed E-state index contributed by atoms with van der Waals surface area (Å²) in [6.07, 6.45) is 5.30. The average molecular weight is 411 g/mol. The molecule has 0 unspecified atom stereocenters. The van der Waals surface area contributed by atoms with E-state index in [4.69, 9.17) is 5.73 Å². The summed E-state index contributed by atoms with van der Waals surface area (Å²) in [5.41, 5.74) is 7.50. The molecule has 0 radical (unpaired) electrons. The van der Waals surface area contributed by atoms with E-state index in [1.807, 2.05) is 0 Å². The molecule has 0 aliphatic rings. The van der Waals surface area contributed by atoms with Crippen molar-refractivity contribution in [3.05, 3.63) is 53.9 Å². The third-order valence-electron chi connectivity index (χ3n) is 4.47. The summed E-state index contributed by atoms with van der Waals surface area (Å²) in [5, 5.41) is 7.90. The molecule has 5 N–H and O–H groups in total. The van der Waals surface area contributed by atoms with E-state index < -0.39 is 17.7 Å². The first-order valence-corrected chi connectivity index (χ1v) is 8.81. The lowest BCUT2D eigenvalue weighted by Gasteiger charge is -2.03. The molecule has 0 saturated heterocycles. The van der Waals surface area contributed by atoms with Crippen LogP contribution in [0.1, 0.15) is 31.5 Å². The lowest BCUT2D eigenvalue weighted by Crippen LogP contribution is -2.15. The highest BCUT2D eigenvalue weighted by Crippen LogP contribution is 2.19. The van der Waals surface area contributed by atoms with Crippen LogP contribution in [0.4, 0.5) is 17.1 Å². The highest BCUT2D eigenvalue weighted by atomic mass is 16.2. The summed E-state index contributed by atoms with van der Waals surface area (Å²) >= 11 is 0. The second-order valence-electron chi connectivity index (χ2n) is 6.71. The van der Waals surface area contributed by atoms with Crippen LogP contribution in [0.15, 0.2) is 36.8 Å². The Kier molecular flexibility index (Phi) is 5.45. The molecule has 0 aromatic carbocycles. The van der Waals surface area contributed by atoms with Gasteiger partial charge in [-0.2, -0.15) is 0 Å². The summed E-state index contributed by atoms with van der Waals surface area (Å²) < 4.78 is 4.65. The highest BCUT2D eigenvalue weighted by Gasteiger charge is 2.17. The Balaban J connectivity index is 1.74. The maximum absolute atomic E-state index is 12.6. The standard InChI is InChI=1S/C19H21N7O4/c1-24-8-12(5-14(24)17(20)28)22-19(30)16-6-13(9-26(16)3)23-18(29)15-4-11(21-10-27)7-25(15)2/h4-10H,1-3H3,(H2,20,28)(H,21,27)(H,22,30)(H,23,29). The van der Waals surface area contributed by atoms with Gasteiger partial charge in [-0.25, -0.2) is 0 Å². The molecule has 3 aromatic rings. The molecule has 4 amide bonds. The van der Waals surface area contributed by atoms with E-state index in [-0.39, 0.29) is 5.69 Å². The number of carbonyl (C=O) groups is 4. The van der Waals surface area contributed by atoms with Gasteiger partial charge in [-0.1, -0.05) is 0 Å². The summed E-state index contributed by atoms with van der Waals surface area (Å²) in [4.78, 5) is 47.1. The second-order valence-corrected chi connectivity index (χ2v) is 6.71. The fraction of sp³-hybridized carbons (Fsp3) is 0.158. The number of anilines is 3. The van der Waals surface area contributed by atoms with Crippen LogP contribution in [0.3, 0.4) is 0 Å². The van der Waals surface area contributed by atoms with Crippen molar-refractivity contribution in [2.75, 3.05) is 16.0 Å². The Morgan fingerprint density at radius 2 is 1.17 bits per heavy atom. The van der Waals surface area contributed by atoms with Gasteiger partial charge in [-0.05, 0) is 18.2 Å². The van der Waals surface area contributed by atoms with Gasteiger partial charge in [0.05, 0.1) is 17.1 Å². The third-order valence-corrected chi connectivity index (χ3v) is 4.47. The van der Waals surface area contributed by atoms with E-state index in [0.717, 1.165) is 0 Å². The van der Waals surface area contributed by atoms with E-state index in [2.05, 4.69) is 16.0 Å². The number of nitrogens with two attached hydrogens (primary N) is 1. The van der Waals surface area contributed by atoms with Gasteiger partial charge in [-0.15, -0.1) is 0 Å².